The molecular formula is C15H20F3NO3. The first-order valence-corrected chi connectivity index (χ1v) is 7.18. The Labute approximate surface area is 126 Å². The van der Waals surface area contributed by atoms with Crippen LogP contribution in [0.5, 0.6) is 0 Å². The van der Waals surface area contributed by atoms with Gasteiger partial charge in [-0.25, -0.2) is 0 Å². The van der Waals surface area contributed by atoms with Crippen molar-refractivity contribution < 1.29 is 27.5 Å². The van der Waals surface area contributed by atoms with Crippen LogP contribution in [0.3, 0.4) is 0 Å². The molecule has 1 heterocycles. The summed E-state index contributed by atoms with van der Waals surface area (Å²) in [5.41, 5.74) is -3.36. The van der Waals surface area contributed by atoms with E-state index in [1.165, 1.54) is 13.0 Å². The molecule has 1 aliphatic carbocycles. The van der Waals surface area contributed by atoms with E-state index in [0.29, 0.717) is 6.54 Å². The molecule has 1 atom stereocenters. The Morgan fingerprint density at radius 2 is 2.05 bits per heavy atom. The van der Waals surface area contributed by atoms with Crippen LogP contribution in [0.4, 0.5) is 13.2 Å². The molecular weight excluding hydrogens is 299 g/mol. The lowest BCUT2D eigenvalue weighted by molar-refractivity contribution is -0.273. The van der Waals surface area contributed by atoms with Gasteiger partial charge in [-0.1, -0.05) is 13.3 Å². The Kier molecular flexibility index (Phi) is 4.30. The molecule has 1 amide bonds. The lowest BCUT2D eigenvalue weighted by Crippen LogP contribution is -2.47. The summed E-state index contributed by atoms with van der Waals surface area (Å²) in [6.45, 7) is 3.76. The lowest BCUT2D eigenvalue weighted by Gasteiger charge is -2.38. The van der Waals surface area contributed by atoms with E-state index >= 15 is 0 Å². The normalized spacial score (nSPS) is 20.1. The van der Waals surface area contributed by atoms with Crippen LogP contribution in [0.25, 0.3) is 0 Å². The quantitative estimate of drug-likeness (QED) is 0.877. The molecule has 22 heavy (non-hydrogen) atoms. The number of nitrogens with one attached hydrogen (secondary N) is 1. The number of amides is 1. The van der Waals surface area contributed by atoms with Crippen LogP contribution in [-0.4, -0.2) is 23.7 Å². The maximum atomic E-state index is 13.2. The number of carbonyl (C=O) groups is 1. The Balaban J connectivity index is 2.08. The van der Waals surface area contributed by atoms with Crippen LogP contribution < -0.4 is 5.32 Å². The van der Waals surface area contributed by atoms with Crippen LogP contribution in [0.2, 0.25) is 0 Å². The fraction of sp³-hybridized carbons (Fsp3) is 0.667. The number of hydrogen-bond donors (Lipinski definition) is 2. The number of furan rings is 1. The standard InChI is InChI=1S/C15H20F3NO3/c1-10-4-5-11(22-10)14(21,15(16,17)18)8-12(20)19-9-13(2)6-3-7-13/h4-5,21H,3,6-9H2,1-2H3,(H,19,20). The maximum Gasteiger partial charge on any atom is 0.425 e. The second-order valence-electron chi connectivity index (χ2n) is 6.39. The molecule has 0 aromatic carbocycles. The van der Waals surface area contributed by atoms with Crippen molar-refractivity contribution in [3.63, 3.8) is 0 Å². The maximum absolute atomic E-state index is 13.2. The van der Waals surface area contributed by atoms with E-state index in [1.54, 1.807) is 0 Å². The van der Waals surface area contributed by atoms with Crippen LogP contribution in [0, 0.1) is 12.3 Å². The first-order chi connectivity index (χ1) is 10.1. The molecule has 1 unspecified atom stereocenters. The number of alkyl halides is 3. The third-order valence-corrected chi connectivity index (χ3v) is 4.31. The van der Waals surface area contributed by atoms with Crippen molar-refractivity contribution in [2.24, 2.45) is 5.41 Å². The molecule has 0 bridgehead atoms. The zero-order valence-electron chi connectivity index (χ0n) is 12.6. The smallest absolute Gasteiger partial charge is 0.425 e. The summed E-state index contributed by atoms with van der Waals surface area (Å²) >= 11 is 0. The Hall–Kier alpha value is -1.50. The fourth-order valence-corrected chi connectivity index (χ4v) is 2.55. The zero-order valence-corrected chi connectivity index (χ0v) is 12.6. The predicted octanol–water partition coefficient (Wildman–Crippen LogP) is 3.03. The highest BCUT2D eigenvalue weighted by Gasteiger charge is 2.58. The molecule has 0 aliphatic heterocycles. The molecule has 1 saturated carbocycles. The molecule has 0 saturated heterocycles. The van der Waals surface area contributed by atoms with E-state index in [4.69, 9.17) is 4.42 Å². The highest BCUT2D eigenvalue weighted by Crippen LogP contribution is 2.43. The van der Waals surface area contributed by atoms with Crippen molar-refractivity contribution in [2.45, 2.75) is 51.3 Å². The number of hydrogen-bond acceptors (Lipinski definition) is 3. The van der Waals surface area contributed by atoms with Gasteiger partial charge in [0.1, 0.15) is 11.5 Å². The second kappa shape index (κ2) is 5.61. The SMILES string of the molecule is Cc1ccc(C(O)(CC(=O)NCC2(C)CCC2)C(F)(F)F)o1. The Morgan fingerprint density at radius 3 is 2.45 bits per heavy atom. The van der Waals surface area contributed by atoms with Gasteiger partial charge in [0.15, 0.2) is 0 Å². The number of aryl methyl sites for hydroxylation is 1. The van der Waals surface area contributed by atoms with Crippen LogP contribution in [0.1, 0.15) is 44.1 Å². The van der Waals surface area contributed by atoms with E-state index < -0.39 is 29.9 Å². The van der Waals surface area contributed by atoms with Gasteiger partial charge in [-0.2, -0.15) is 13.2 Å². The summed E-state index contributed by atoms with van der Waals surface area (Å²) in [6.07, 6.45) is -3.18. The first kappa shape index (κ1) is 16.9. The van der Waals surface area contributed by atoms with Gasteiger partial charge >= 0.3 is 6.18 Å². The Morgan fingerprint density at radius 1 is 1.41 bits per heavy atom. The summed E-state index contributed by atoms with van der Waals surface area (Å²) in [4.78, 5) is 11.9. The molecule has 1 fully saturated rings. The largest absolute Gasteiger partial charge is 0.463 e. The average Bonchev–Trinajstić information content (AvgIpc) is 2.79. The van der Waals surface area contributed by atoms with Crippen molar-refractivity contribution >= 4 is 5.91 Å². The predicted molar refractivity (Wildman–Crippen MR) is 73.0 cm³/mol. The van der Waals surface area contributed by atoms with Crippen molar-refractivity contribution in [1.29, 1.82) is 0 Å². The molecule has 0 radical (unpaired) electrons. The highest BCUT2D eigenvalue weighted by atomic mass is 19.4. The van der Waals surface area contributed by atoms with Gasteiger partial charge in [-0.15, -0.1) is 0 Å². The Bertz CT molecular complexity index is 548. The van der Waals surface area contributed by atoms with Gasteiger partial charge in [-0.05, 0) is 37.3 Å². The summed E-state index contributed by atoms with van der Waals surface area (Å²) in [5, 5.41) is 12.5. The van der Waals surface area contributed by atoms with Gasteiger partial charge in [-0.3, -0.25) is 4.79 Å². The molecule has 2 N–H and O–H groups in total. The van der Waals surface area contributed by atoms with E-state index in [9.17, 15) is 23.1 Å². The topological polar surface area (TPSA) is 62.5 Å². The fourth-order valence-electron chi connectivity index (χ4n) is 2.55. The number of rotatable bonds is 5. The summed E-state index contributed by atoms with van der Waals surface area (Å²) in [7, 11) is 0. The van der Waals surface area contributed by atoms with Crippen LogP contribution in [-0.2, 0) is 10.4 Å². The van der Waals surface area contributed by atoms with Crippen LogP contribution >= 0.6 is 0 Å². The molecule has 1 aliphatic rings. The first-order valence-electron chi connectivity index (χ1n) is 7.18. The van der Waals surface area contributed by atoms with Gasteiger partial charge in [0.2, 0.25) is 11.5 Å². The van der Waals surface area contributed by atoms with Gasteiger partial charge in [0.05, 0.1) is 6.42 Å². The molecule has 4 nitrogen and oxygen atoms in total. The molecule has 124 valence electrons. The van der Waals surface area contributed by atoms with Crippen molar-refractivity contribution in [3.8, 4) is 0 Å². The minimum Gasteiger partial charge on any atom is -0.463 e. The molecule has 0 spiro atoms. The molecule has 2 rings (SSSR count). The number of halogens is 3. The average molecular weight is 319 g/mol. The van der Waals surface area contributed by atoms with E-state index in [-0.39, 0.29) is 11.2 Å². The van der Waals surface area contributed by atoms with Gasteiger partial charge in [0.25, 0.3) is 0 Å². The van der Waals surface area contributed by atoms with Crippen molar-refractivity contribution in [2.75, 3.05) is 6.54 Å². The third kappa shape index (κ3) is 3.29. The van der Waals surface area contributed by atoms with Gasteiger partial charge in [0, 0.05) is 6.54 Å². The monoisotopic (exact) mass is 319 g/mol. The second-order valence-corrected chi connectivity index (χ2v) is 6.39. The van der Waals surface area contributed by atoms with Crippen molar-refractivity contribution in [1.82, 2.24) is 5.32 Å². The van der Waals surface area contributed by atoms with Crippen molar-refractivity contribution in [3.05, 3.63) is 23.7 Å². The number of carbonyl (C=O) groups excluding carboxylic acids is 1. The molecule has 1 aromatic heterocycles. The molecule has 7 heteroatoms. The van der Waals surface area contributed by atoms with E-state index in [0.717, 1.165) is 25.3 Å². The number of aliphatic hydroxyl groups is 1. The lowest BCUT2D eigenvalue weighted by atomic mass is 9.70. The minimum atomic E-state index is -5.00. The third-order valence-electron chi connectivity index (χ3n) is 4.31. The zero-order chi connectivity index (χ0) is 16.6. The summed E-state index contributed by atoms with van der Waals surface area (Å²) in [5.74, 6) is -1.27. The van der Waals surface area contributed by atoms with Crippen LogP contribution in [0.15, 0.2) is 16.5 Å². The van der Waals surface area contributed by atoms with E-state index in [2.05, 4.69) is 5.32 Å². The minimum absolute atomic E-state index is 0.0483. The van der Waals surface area contributed by atoms with Gasteiger partial charge < -0.3 is 14.8 Å². The summed E-state index contributed by atoms with van der Waals surface area (Å²) in [6, 6.07) is 2.36. The van der Waals surface area contributed by atoms with E-state index in [1.807, 2.05) is 6.92 Å². The summed E-state index contributed by atoms with van der Waals surface area (Å²) < 4.78 is 44.6. The molecule has 1 aromatic rings. The highest BCUT2D eigenvalue weighted by molar-refractivity contribution is 5.77.